The van der Waals surface area contributed by atoms with Gasteiger partial charge in [0.1, 0.15) is 0 Å². The summed E-state index contributed by atoms with van der Waals surface area (Å²) >= 11 is 0. The van der Waals surface area contributed by atoms with Gasteiger partial charge in [-0.1, -0.05) is 0 Å². The Morgan fingerprint density at radius 2 is 1.17 bits per heavy atom. The SMILES string of the molecule is CN(CC(=O)O)CC(O)CC(F)(F)C(F)(F)C(F)(F)C(F)(F)C(F)(F)C(F)(F)F. The number of aliphatic hydroxyl groups excluding tert-OH is 1. The van der Waals surface area contributed by atoms with Gasteiger partial charge >= 0.3 is 41.8 Å². The van der Waals surface area contributed by atoms with Crippen molar-refractivity contribution in [3.05, 3.63) is 0 Å². The third kappa shape index (κ3) is 4.97. The van der Waals surface area contributed by atoms with Crippen LogP contribution in [0.3, 0.4) is 0 Å². The number of carboxylic acid groups (broad SMARTS) is 1. The summed E-state index contributed by atoms with van der Waals surface area (Å²) in [6, 6.07) is 0. The van der Waals surface area contributed by atoms with Gasteiger partial charge in [0.25, 0.3) is 0 Å². The topological polar surface area (TPSA) is 60.8 Å². The summed E-state index contributed by atoms with van der Waals surface area (Å²) in [5, 5.41) is 17.5. The van der Waals surface area contributed by atoms with Crippen molar-refractivity contribution in [2.75, 3.05) is 20.1 Å². The van der Waals surface area contributed by atoms with Gasteiger partial charge in [0.2, 0.25) is 0 Å². The molecule has 1 atom stereocenters. The highest BCUT2D eigenvalue weighted by atomic mass is 19.4. The molecule has 0 aliphatic heterocycles. The fourth-order valence-corrected chi connectivity index (χ4v) is 1.95. The van der Waals surface area contributed by atoms with Crippen LogP contribution in [0, 0.1) is 0 Å². The minimum absolute atomic E-state index is 0.492. The molecule has 174 valence electrons. The second-order valence-electron chi connectivity index (χ2n) is 5.95. The molecule has 0 spiro atoms. The summed E-state index contributed by atoms with van der Waals surface area (Å²) in [6.07, 6.45) is -13.1. The van der Waals surface area contributed by atoms with E-state index in [0.29, 0.717) is 4.90 Å². The number of carboxylic acids is 1. The lowest BCUT2D eigenvalue weighted by Gasteiger charge is -2.40. The Morgan fingerprint density at radius 1 is 0.793 bits per heavy atom. The number of hydrogen-bond donors (Lipinski definition) is 2. The Hall–Kier alpha value is -1.52. The molecule has 0 aromatic heterocycles. The molecule has 0 amide bonds. The van der Waals surface area contributed by atoms with E-state index < -0.39 is 67.4 Å². The number of aliphatic hydroxyl groups is 1. The first-order chi connectivity index (χ1) is 12.5. The third-order valence-corrected chi connectivity index (χ3v) is 3.42. The molecular weight excluding hydrogens is 453 g/mol. The molecule has 0 saturated heterocycles. The molecule has 0 bridgehead atoms. The second kappa shape index (κ2) is 7.96. The molecular formula is C12H12F13NO3. The third-order valence-electron chi connectivity index (χ3n) is 3.42. The van der Waals surface area contributed by atoms with E-state index in [9.17, 15) is 67.0 Å². The Bertz CT molecular complexity index is 590. The van der Waals surface area contributed by atoms with Crippen LogP contribution in [0.2, 0.25) is 0 Å². The molecule has 0 aromatic carbocycles. The number of aliphatic carboxylic acids is 1. The predicted octanol–water partition coefficient (Wildman–Crippen LogP) is 3.49. The van der Waals surface area contributed by atoms with Crippen LogP contribution >= 0.6 is 0 Å². The maximum absolute atomic E-state index is 13.5. The molecule has 2 N–H and O–H groups in total. The van der Waals surface area contributed by atoms with Crippen molar-refractivity contribution in [2.45, 2.75) is 48.3 Å². The Kier molecular flexibility index (Phi) is 7.54. The van der Waals surface area contributed by atoms with E-state index in [1.54, 1.807) is 0 Å². The standard InChI is InChI=1S/C12H12F13NO3/c1-26(4-6(28)29)3-5(27)2-7(13,14)8(15,16)9(17,18)10(19,20)11(21,22)12(23,24)25/h5,27H,2-4H2,1H3,(H,28,29). The molecule has 0 rings (SSSR count). The van der Waals surface area contributed by atoms with Gasteiger partial charge in [0, 0.05) is 13.0 Å². The van der Waals surface area contributed by atoms with Crippen molar-refractivity contribution in [2.24, 2.45) is 0 Å². The lowest BCUT2D eigenvalue weighted by Crippen LogP contribution is -2.70. The summed E-state index contributed by atoms with van der Waals surface area (Å²) < 4.78 is 167. The van der Waals surface area contributed by atoms with Crippen LogP contribution in [-0.4, -0.2) is 83.1 Å². The Labute approximate surface area is 152 Å². The number of halogens is 13. The van der Waals surface area contributed by atoms with Crippen LogP contribution in [0.5, 0.6) is 0 Å². The Balaban J connectivity index is 5.84. The van der Waals surface area contributed by atoms with Crippen LogP contribution in [0.15, 0.2) is 0 Å². The van der Waals surface area contributed by atoms with E-state index in [2.05, 4.69) is 0 Å². The molecule has 0 aromatic rings. The highest BCUT2D eigenvalue weighted by Crippen LogP contribution is 2.60. The summed E-state index contributed by atoms with van der Waals surface area (Å²) in [5.74, 6) is -39.2. The fraction of sp³-hybridized carbons (Fsp3) is 0.917. The monoisotopic (exact) mass is 465 g/mol. The van der Waals surface area contributed by atoms with Crippen molar-refractivity contribution < 1.29 is 72.1 Å². The van der Waals surface area contributed by atoms with Crippen LogP contribution in [-0.2, 0) is 4.79 Å². The number of nitrogens with zero attached hydrogens (tertiary/aromatic N) is 1. The molecule has 4 nitrogen and oxygen atoms in total. The first-order valence-electron chi connectivity index (χ1n) is 7.00. The van der Waals surface area contributed by atoms with Gasteiger partial charge in [-0.3, -0.25) is 9.69 Å². The van der Waals surface area contributed by atoms with Gasteiger partial charge < -0.3 is 10.2 Å². The first-order valence-corrected chi connectivity index (χ1v) is 7.00. The van der Waals surface area contributed by atoms with Crippen molar-refractivity contribution in [3.63, 3.8) is 0 Å². The lowest BCUT2D eigenvalue weighted by molar-refractivity contribution is -0.440. The van der Waals surface area contributed by atoms with E-state index in [0.717, 1.165) is 7.05 Å². The van der Waals surface area contributed by atoms with E-state index in [4.69, 9.17) is 5.11 Å². The fourth-order valence-electron chi connectivity index (χ4n) is 1.95. The number of likely N-dealkylation sites (N-methyl/N-ethyl adjacent to an activating group) is 1. The largest absolute Gasteiger partial charge is 0.480 e. The molecule has 0 aliphatic rings. The molecule has 0 fully saturated rings. The molecule has 0 aliphatic carbocycles. The van der Waals surface area contributed by atoms with Gasteiger partial charge in [-0.25, -0.2) is 0 Å². The maximum Gasteiger partial charge on any atom is 0.460 e. The van der Waals surface area contributed by atoms with E-state index in [1.165, 1.54) is 0 Å². The van der Waals surface area contributed by atoms with Crippen molar-refractivity contribution in [1.82, 2.24) is 4.90 Å². The average Bonchev–Trinajstić information content (AvgIpc) is 2.42. The van der Waals surface area contributed by atoms with Gasteiger partial charge in [0.05, 0.1) is 12.6 Å². The highest BCUT2D eigenvalue weighted by Gasteiger charge is 2.90. The van der Waals surface area contributed by atoms with Crippen LogP contribution in [0.25, 0.3) is 0 Å². The predicted molar refractivity (Wildman–Crippen MR) is 66.5 cm³/mol. The van der Waals surface area contributed by atoms with Gasteiger partial charge in [-0.05, 0) is 7.05 Å². The zero-order valence-electron chi connectivity index (χ0n) is 13.9. The smallest absolute Gasteiger partial charge is 0.460 e. The number of carbonyl (C=O) groups is 1. The molecule has 0 saturated carbocycles. The molecule has 1 unspecified atom stereocenters. The second-order valence-corrected chi connectivity index (χ2v) is 5.95. The molecule has 29 heavy (non-hydrogen) atoms. The van der Waals surface area contributed by atoms with Crippen LogP contribution in [0.4, 0.5) is 57.1 Å². The Morgan fingerprint density at radius 3 is 1.52 bits per heavy atom. The molecule has 17 heteroatoms. The maximum atomic E-state index is 13.5. The lowest BCUT2D eigenvalue weighted by atomic mass is 9.91. The van der Waals surface area contributed by atoms with Gasteiger partial charge in [-0.2, -0.15) is 57.1 Å². The quantitative estimate of drug-likeness (QED) is 0.486. The van der Waals surface area contributed by atoms with Crippen LogP contribution in [0.1, 0.15) is 6.42 Å². The van der Waals surface area contributed by atoms with E-state index >= 15 is 0 Å². The minimum Gasteiger partial charge on any atom is -0.480 e. The van der Waals surface area contributed by atoms with Gasteiger partial charge in [-0.15, -0.1) is 0 Å². The normalized spacial score (nSPS) is 16.3. The zero-order valence-corrected chi connectivity index (χ0v) is 13.9. The zero-order chi connectivity index (χ0) is 23.9. The minimum atomic E-state index is -8.00. The average molecular weight is 465 g/mol. The van der Waals surface area contributed by atoms with Crippen molar-refractivity contribution >= 4 is 5.97 Å². The summed E-state index contributed by atoms with van der Waals surface area (Å²) in [4.78, 5) is 10.8. The summed E-state index contributed by atoms with van der Waals surface area (Å²) in [7, 11) is 0.820. The van der Waals surface area contributed by atoms with Crippen molar-refractivity contribution in [3.8, 4) is 0 Å². The van der Waals surface area contributed by atoms with Crippen LogP contribution < -0.4 is 0 Å². The summed E-state index contributed by atoms with van der Waals surface area (Å²) in [5.41, 5.74) is 0. The highest BCUT2D eigenvalue weighted by molar-refractivity contribution is 5.69. The van der Waals surface area contributed by atoms with E-state index in [1.807, 2.05) is 0 Å². The van der Waals surface area contributed by atoms with Crippen molar-refractivity contribution in [1.29, 1.82) is 0 Å². The number of rotatable bonds is 10. The van der Waals surface area contributed by atoms with Gasteiger partial charge in [0.15, 0.2) is 0 Å². The molecule has 0 heterocycles. The first kappa shape index (κ1) is 27.5. The molecule has 0 radical (unpaired) electrons. The number of hydrogen-bond acceptors (Lipinski definition) is 3. The summed E-state index contributed by atoms with van der Waals surface area (Å²) in [6.45, 7) is -2.19. The number of alkyl halides is 13. The van der Waals surface area contributed by atoms with E-state index in [-0.39, 0.29) is 0 Å².